The Labute approximate surface area is 125 Å². The van der Waals surface area contributed by atoms with Gasteiger partial charge in [0.05, 0.1) is 0 Å². The number of rotatable bonds is 4. The third-order valence-electron chi connectivity index (χ3n) is 2.86. The van der Waals surface area contributed by atoms with E-state index in [2.05, 4.69) is 26.6 Å². The maximum absolute atomic E-state index is 13.6. The molecule has 1 amide bonds. The SMILES string of the molecule is CNC(=O)c1ccc(NCc2cc(Br)ccc2F)cc1. The molecule has 0 aliphatic heterocycles. The maximum Gasteiger partial charge on any atom is 0.251 e. The first-order valence-electron chi connectivity index (χ1n) is 6.10. The van der Waals surface area contributed by atoms with Crippen LogP contribution in [0.15, 0.2) is 46.9 Å². The minimum absolute atomic E-state index is 0.130. The molecule has 104 valence electrons. The molecule has 0 saturated carbocycles. The molecule has 0 atom stereocenters. The van der Waals surface area contributed by atoms with E-state index in [1.165, 1.54) is 6.07 Å². The van der Waals surface area contributed by atoms with E-state index in [0.717, 1.165) is 10.2 Å². The summed E-state index contributed by atoms with van der Waals surface area (Å²) in [7, 11) is 1.59. The Hall–Kier alpha value is -1.88. The van der Waals surface area contributed by atoms with Gasteiger partial charge in [0.2, 0.25) is 0 Å². The highest BCUT2D eigenvalue weighted by Gasteiger charge is 2.04. The average molecular weight is 337 g/mol. The molecule has 0 aliphatic carbocycles. The topological polar surface area (TPSA) is 41.1 Å². The van der Waals surface area contributed by atoms with Crippen LogP contribution in [0.4, 0.5) is 10.1 Å². The minimum atomic E-state index is -0.248. The highest BCUT2D eigenvalue weighted by molar-refractivity contribution is 9.10. The highest BCUT2D eigenvalue weighted by atomic mass is 79.9. The number of hydrogen-bond acceptors (Lipinski definition) is 2. The lowest BCUT2D eigenvalue weighted by Crippen LogP contribution is -2.17. The number of carbonyl (C=O) groups excluding carboxylic acids is 1. The summed E-state index contributed by atoms with van der Waals surface area (Å²) in [6.07, 6.45) is 0. The molecule has 0 bridgehead atoms. The van der Waals surface area contributed by atoms with Crippen LogP contribution in [0.5, 0.6) is 0 Å². The monoisotopic (exact) mass is 336 g/mol. The summed E-state index contributed by atoms with van der Waals surface area (Å²) in [4.78, 5) is 11.4. The average Bonchev–Trinajstić information content (AvgIpc) is 2.48. The summed E-state index contributed by atoms with van der Waals surface area (Å²) < 4.78 is 14.4. The van der Waals surface area contributed by atoms with Crippen molar-refractivity contribution in [2.24, 2.45) is 0 Å². The summed E-state index contributed by atoms with van der Waals surface area (Å²) >= 11 is 3.32. The van der Waals surface area contributed by atoms with Crippen molar-refractivity contribution < 1.29 is 9.18 Å². The fraction of sp³-hybridized carbons (Fsp3) is 0.133. The molecule has 2 aromatic carbocycles. The van der Waals surface area contributed by atoms with Gasteiger partial charge in [0.1, 0.15) is 5.82 Å². The lowest BCUT2D eigenvalue weighted by Gasteiger charge is -2.08. The summed E-state index contributed by atoms with van der Waals surface area (Å²) in [5, 5.41) is 5.68. The molecule has 0 spiro atoms. The molecule has 0 saturated heterocycles. The first kappa shape index (κ1) is 14.5. The van der Waals surface area contributed by atoms with Crippen LogP contribution in [0.3, 0.4) is 0 Å². The van der Waals surface area contributed by atoms with Gasteiger partial charge >= 0.3 is 0 Å². The second-order valence-corrected chi connectivity index (χ2v) is 5.16. The van der Waals surface area contributed by atoms with Crippen molar-refractivity contribution >= 4 is 27.5 Å². The zero-order valence-electron chi connectivity index (χ0n) is 10.9. The van der Waals surface area contributed by atoms with Crippen LogP contribution in [0.1, 0.15) is 15.9 Å². The van der Waals surface area contributed by atoms with E-state index >= 15 is 0 Å². The largest absolute Gasteiger partial charge is 0.381 e. The summed E-state index contributed by atoms with van der Waals surface area (Å²) in [6, 6.07) is 11.9. The van der Waals surface area contributed by atoms with E-state index in [1.54, 1.807) is 43.4 Å². The van der Waals surface area contributed by atoms with Crippen molar-refractivity contribution in [2.45, 2.75) is 6.54 Å². The van der Waals surface area contributed by atoms with Crippen molar-refractivity contribution in [2.75, 3.05) is 12.4 Å². The third-order valence-corrected chi connectivity index (χ3v) is 3.36. The second kappa shape index (κ2) is 6.52. The van der Waals surface area contributed by atoms with Crippen molar-refractivity contribution in [1.29, 1.82) is 0 Å². The Morgan fingerprint density at radius 1 is 1.20 bits per heavy atom. The lowest BCUT2D eigenvalue weighted by atomic mass is 10.1. The molecule has 5 heteroatoms. The van der Waals surface area contributed by atoms with E-state index in [4.69, 9.17) is 0 Å². The summed E-state index contributed by atoms with van der Waals surface area (Å²) in [5.74, 6) is -0.378. The number of amides is 1. The van der Waals surface area contributed by atoms with Crippen LogP contribution in [-0.4, -0.2) is 13.0 Å². The van der Waals surface area contributed by atoms with E-state index in [0.29, 0.717) is 17.7 Å². The first-order chi connectivity index (χ1) is 9.60. The zero-order valence-corrected chi connectivity index (χ0v) is 12.5. The highest BCUT2D eigenvalue weighted by Crippen LogP contribution is 2.17. The zero-order chi connectivity index (χ0) is 14.5. The quantitative estimate of drug-likeness (QED) is 0.896. The predicted molar refractivity (Wildman–Crippen MR) is 81.3 cm³/mol. The van der Waals surface area contributed by atoms with Gasteiger partial charge in [-0.15, -0.1) is 0 Å². The van der Waals surface area contributed by atoms with Gasteiger partial charge < -0.3 is 10.6 Å². The summed E-state index contributed by atoms with van der Waals surface area (Å²) in [6.45, 7) is 0.380. The molecule has 0 fully saturated rings. The molecule has 20 heavy (non-hydrogen) atoms. The molecular formula is C15H14BrFN2O. The Balaban J connectivity index is 2.04. The van der Waals surface area contributed by atoms with Gasteiger partial charge in [0.15, 0.2) is 0 Å². The molecule has 0 radical (unpaired) electrons. The van der Waals surface area contributed by atoms with Crippen molar-refractivity contribution in [1.82, 2.24) is 5.32 Å². The number of benzene rings is 2. The molecular weight excluding hydrogens is 323 g/mol. The molecule has 2 N–H and O–H groups in total. The van der Waals surface area contributed by atoms with E-state index in [1.807, 2.05) is 0 Å². The Bertz CT molecular complexity index is 614. The maximum atomic E-state index is 13.6. The van der Waals surface area contributed by atoms with Crippen LogP contribution >= 0.6 is 15.9 Å². The molecule has 0 unspecified atom stereocenters. The minimum Gasteiger partial charge on any atom is -0.381 e. The fourth-order valence-electron chi connectivity index (χ4n) is 1.76. The van der Waals surface area contributed by atoms with Gasteiger partial charge in [-0.3, -0.25) is 4.79 Å². The van der Waals surface area contributed by atoms with Gasteiger partial charge in [0.25, 0.3) is 5.91 Å². The molecule has 2 aromatic rings. The van der Waals surface area contributed by atoms with Crippen LogP contribution < -0.4 is 10.6 Å². The first-order valence-corrected chi connectivity index (χ1v) is 6.89. The summed E-state index contributed by atoms with van der Waals surface area (Å²) in [5.41, 5.74) is 2.00. The normalized spacial score (nSPS) is 10.2. The third kappa shape index (κ3) is 3.57. The smallest absolute Gasteiger partial charge is 0.251 e. The lowest BCUT2D eigenvalue weighted by molar-refractivity contribution is 0.0963. The van der Waals surface area contributed by atoms with Crippen molar-refractivity contribution in [3.05, 3.63) is 63.9 Å². The molecule has 0 aliphatic rings. The van der Waals surface area contributed by atoms with Gasteiger partial charge in [-0.2, -0.15) is 0 Å². The van der Waals surface area contributed by atoms with Crippen LogP contribution in [0.25, 0.3) is 0 Å². The number of nitrogens with one attached hydrogen (secondary N) is 2. The molecule has 0 aromatic heterocycles. The fourth-order valence-corrected chi connectivity index (χ4v) is 2.17. The molecule has 2 rings (SSSR count). The Morgan fingerprint density at radius 3 is 2.55 bits per heavy atom. The number of hydrogen-bond donors (Lipinski definition) is 2. The van der Waals surface area contributed by atoms with E-state index < -0.39 is 0 Å². The second-order valence-electron chi connectivity index (χ2n) is 4.25. The molecule has 3 nitrogen and oxygen atoms in total. The number of carbonyl (C=O) groups is 1. The van der Waals surface area contributed by atoms with Gasteiger partial charge in [-0.05, 0) is 42.5 Å². The van der Waals surface area contributed by atoms with Crippen LogP contribution in [0.2, 0.25) is 0 Å². The molecule has 0 heterocycles. The van der Waals surface area contributed by atoms with Crippen LogP contribution in [-0.2, 0) is 6.54 Å². The Kier molecular flexibility index (Phi) is 4.74. The van der Waals surface area contributed by atoms with Crippen molar-refractivity contribution in [3.8, 4) is 0 Å². The van der Waals surface area contributed by atoms with Gasteiger partial charge in [0, 0.05) is 34.9 Å². The number of halogens is 2. The van der Waals surface area contributed by atoms with Gasteiger partial charge in [-0.25, -0.2) is 4.39 Å². The van der Waals surface area contributed by atoms with Crippen LogP contribution in [0, 0.1) is 5.82 Å². The predicted octanol–water partition coefficient (Wildman–Crippen LogP) is 3.56. The van der Waals surface area contributed by atoms with E-state index in [9.17, 15) is 9.18 Å². The Morgan fingerprint density at radius 2 is 1.90 bits per heavy atom. The van der Waals surface area contributed by atoms with Gasteiger partial charge in [-0.1, -0.05) is 15.9 Å². The van der Waals surface area contributed by atoms with E-state index in [-0.39, 0.29) is 11.7 Å². The standard InChI is InChI=1S/C15H14BrFN2O/c1-18-15(20)10-2-5-13(6-3-10)19-9-11-8-12(16)4-7-14(11)17/h2-8,19H,9H2,1H3,(H,18,20). The number of anilines is 1. The van der Waals surface area contributed by atoms with Crippen molar-refractivity contribution in [3.63, 3.8) is 0 Å².